The van der Waals surface area contributed by atoms with Gasteiger partial charge in [-0.05, 0) is 31.0 Å². The molecule has 0 heterocycles. The van der Waals surface area contributed by atoms with E-state index in [1.807, 2.05) is 24.3 Å². The Labute approximate surface area is 103 Å². The smallest absolute Gasteiger partial charge is 0.216 e. The molecule has 17 heavy (non-hydrogen) atoms. The average Bonchev–Trinajstić information content (AvgIpc) is 2.27. The lowest BCUT2D eigenvalue weighted by Gasteiger charge is -2.14. The molecule has 0 saturated heterocycles. The predicted molar refractivity (Wildman–Crippen MR) is 70.7 cm³/mol. The van der Waals surface area contributed by atoms with Crippen LogP contribution in [0.3, 0.4) is 0 Å². The van der Waals surface area contributed by atoms with Crippen molar-refractivity contribution in [2.24, 2.45) is 0 Å². The lowest BCUT2D eigenvalue weighted by Crippen LogP contribution is -2.35. The molecule has 4 heteroatoms. The predicted octanol–water partition coefficient (Wildman–Crippen LogP) is 0.926. The highest BCUT2D eigenvalue weighted by Gasteiger charge is 2.02. The maximum Gasteiger partial charge on any atom is 0.216 e. The van der Waals surface area contributed by atoms with Gasteiger partial charge in [-0.25, -0.2) is 0 Å². The van der Waals surface area contributed by atoms with Crippen LogP contribution in [0.25, 0.3) is 0 Å². The summed E-state index contributed by atoms with van der Waals surface area (Å²) in [6.45, 7) is 5.11. The van der Waals surface area contributed by atoms with Crippen molar-refractivity contribution in [2.75, 3.05) is 18.8 Å². The van der Waals surface area contributed by atoms with Crippen LogP contribution in [-0.2, 0) is 11.2 Å². The molecule has 0 radical (unpaired) electrons. The molecule has 4 N–H and O–H groups in total. The van der Waals surface area contributed by atoms with E-state index in [-0.39, 0.29) is 5.91 Å². The maximum absolute atomic E-state index is 10.7. The summed E-state index contributed by atoms with van der Waals surface area (Å²) in [5.41, 5.74) is 7.68. The zero-order valence-corrected chi connectivity index (χ0v) is 10.5. The molecule has 1 aromatic carbocycles. The molecule has 94 valence electrons. The molecule has 1 rings (SSSR count). The van der Waals surface area contributed by atoms with Gasteiger partial charge in [-0.1, -0.05) is 12.1 Å². The van der Waals surface area contributed by atoms with E-state index in [2.05, 4.69) is 17.6 Å². The average molecular weight is 235 g/mol. The van der Waals surface area contributed by atoms with Crippen LogP contribution in [0.15, 0.2) is 24.3 Å². The summed E-state index contributed by atoms with van der Waals surface area (Å²) in [7, 11) is 0. The SMILES string of the molecule is CC(=O)NCCNC(C)Cc1ccc(N)cc1. The quantitative estimate of drug-likeness (QED) is 0.507. The van der Waals surface area contributed by atoms with Crippen molar-refractivity contribution in [3.63, 3.8) is 0 Å². The second-order valence-electron chi connectivity index (χ2n) is 4.28. The number of nitrogens with one attached hydrogen (secondary N) is 2. The fourth-order valence-corrected chi connectivity index (χ4v) is 1.64. The minimum Gasteiger partial charge on any atom is -0.399 e. The second kappa shape index (κ2) is 6.91. The number of nitrogen functional groups attached to an aromatic ring is 1. The highest BCUT2D eigenvalue weighted by atomic mass is 16.1. The first-order valence-corrected chi connectivity index (χ1v) is 5.90. The highest BCUT2D eigenvalue weighted by Crippen LogP contribution is 2.07. The highest BCUT2D eigenvalue weighted by molar-refractivity contribution is 5.72. The summed E-state index contributed by atoms with van der Waals surface area (Å²) in [5, 5.41) is 6.11. The van der Waals surface area contributed by atoms with Gasteiger partial charge >= 0.3 is 0 Å². The summed E-state index contributed by atoms with van der Waals surface area (Å²) < 4.78 is 0. The monoisotopic (exact) mass is 235 g/mol. The van der Waals surface area contributed by atoms with Gasteiger partial charge < -0.3 is 16.4 Å². The van der Waals surface area contributed by atoms with Crippen LogP contribution in [0.2, 0.25) is 0 Å². The third-order valence-corrected chi connectivity index (χ3v) is 2.51. The zero-order valence-electron chi connectivity index (χ0n) is 10.5. The molecule has 0 aliphatic carbocycles. The fraction of sp³-hybridized carbons (Fsp3) is 0.462. The van der Waals surface area contributed by atoms with Gasteiger partial charge in [0.25, 0.3) is 0 Å². The number of hydrogen-bond donors (Lipinski definition) is 3. The Bertz CT molecular complexity index is 348. The summed E-state index contributed by atoms with van der Waals surface area (Å²) >= 11 is 0. The van der Waals surface area contributed by atoms with Gasteiger partial charge in [0.15, 0.2) is 0 Å². The van der Waals surface area contributed by atoms with Crippen LogP contribution < -0.4 is 16.4 Å². The van der Waals surface area contributed by atoms with Crippen LogP contribution >= 0.6 is 0 Å². The molecule has 4 nitrogen and oxygen atoms in total. The van der Waals surface area contributed by atoms with Crippen molar-refractivity contribution in [1.29, 1.82) is 0 Å². The number of nitrogens with two attached hydrogens (primary N) is 1. The Kier molecular flexibility index (Phi) is 5.49. The molecule has 0 spiro atoms. The molecule has 0 fully saturated rings. The lowest BCUT2D eigenvalue weighted by atomic mass is 10.1. The Morgan fingerprint density at radius 1 is 1.29 bits per heavy atom. The molecule has 0 aliphatic rings. The van der Waals surface area contributed by atoms with Gasteiger partial charge in [0.05, 0.1) is 0 Å². The number of benzene rings is 1. The Hall–Kier alpha value is -1.55. The molecule has 1 atom stereocenters. The molecule has 0 aromatic heterocycles. The van der Waals surface area contributed by atoms with Crippen molar-refractivity contribution < 1.29 is 4.79 Å². The number of rotatable bonds is 6. The first-order chi connectivity index (χ1) is 8.08. The van der Waals surface area contributed by atoms with Crippen molar-refractivity contribution in [2.45, 2.75) is 26.3 Å². The van der Waals surface area contributed by atoms with E-state index in [1.165, 1.54) is 12.5 Å². The number of carbonyl (C=O) groups excluding carboxylic acids is 1. The van der Waals surface area contributed by atoms with Crippen LogP contribution in [0.4, 0.5) is 5.69 Å². The van der Waals surface area contributed by atoms with Gasteiger partial charge in [-0.2, -0.15) is 0 Å². The molecule has 0 aliphatic heterocycles. The minimum atomic E-state index is 0.0120. The van der Waals surface area contributed by atoms with Crippen molar-refractivity contribution >= 4 is 11.6 Å². The summed E-state index contributed by atoms with van der Waals surface area (Å²) in [5.74, 6) is 0.0120. The minimum absolute atomic E-state index is 0.0120. The number of amides is 1. The van der Waals surface area contributed by atoms with Crippen molar-refractivity contribution in [3.05, 3.63) is 29.8 Å². The normalized spacial score (nSPS) is 12.1. The van der Waals surface area contributed by atoms with E-state index in [0.29, 0.717) is 12.6 Å². The third-order valence-electron chi connectivity index (χ3n) is 2.51. The van der Waals surface area contributed by atoms with E-state index in [4.69, 9.17) is 5.73 Å². The maximum atomic E-state index is 10.7. The van der Waals surface area contributed by atoms with Gasteiger partial charge in [0.1, 0.15) is 0 Å². The summed E-state index contributed by atoms with van der Waals surface area (Å²) in [6.07, 6.45) is 0.959. The molecule has 1 amide bonds. The summed E-state index contributed by atoms with van der Waals surface area (Å²) in [4.78, 5) is 10.7. The van der Waals surface area contributed by atoms with E-state index >= 15 is 0 Å². The lowest BCUT2D eigenvalue weighted by molar-refractivity contribution is -0.118. The Balaban J connectivity index is 2.22. The van der Waals surface area contributed by atoms with E-state index in [1.54, 1.807) is 0 Å². The Morgan fingerprint density at radius 2 is 1.94 bits per heavy atom. The molecule has 1 unspecified atom stereocenters. The molecule has 0 bridgehead atoms. The summed E-state index contributed by atoms with van der Waals surface area (Å²) in [6, 6.07) is 8.30. The number of hydrogen-bond acceptors (Lipinski definition) is 3. The van der Waals surface area contributed by atoms with Crippen LogP contribution in [0.1, 0.15) is 19.4 Å². The fourth-order valence-electron chi connectivity index (χ4n) is 1.64. The largest absolute Gasteiger partial charge is 0.399 e. The molecule has 0 saturated carbocycles. The first kappa shape index (κ1) is 13.5. The van der Waals surface area contributed by atoms with Crippen LogP contribution in [0, 0.1) is 0 Å². The number of anilines is 1. The van der Waals surface area contributed by atoms with E-state index < -0.39 is 0 Å². The van der Waals surface area contributed by atoms with Crippen molar-refractivity contribution in [3.8, 4) is 0 Å². The van der Waals surface area contributed by atoms with Gasteiger partial charge in [-0.3, -0.25) is 4.79 Å². The number of carbonyl (C=O) groups is 1. The first-order valence-electron chi connectivity index (χ1n) is 5.90. The Morgan fingerprint density at radius 3 is 2.53 bits per heavy atom. The zero-order chi connectivity index (χ0) is 12.7. The van der Waals surface area contributed by atoms with Crippen LogP contribution in [0.5, 0.6) is 0 Å². The second-order valence-corrected chi connectivity index (χ2v) is 4.28. The van der Waals surface area contributed by atoms with E-state index in [0.717, 1.165) is 18.7 Å². The standard InChI is InChI=1S/C13H21N3O/c1-10(15-7-8-16-11(2)17)9-12-3-5-13(14)6-4-12/h3-6,10,15H,7-9,14H2,1-2H3,(H,16,17). The van der Waals surface area contributed by atoms with E-state index in [9.17, 15) is 4.79 Å². The molecule has 1 aromatic rings. The van der Waals surface area contributed by atoms with Gasteiger partial charge in [0, 0.05) is 31.7 Å². The van der Waals surface area contributed by atoms with Gasteiger partial charge in [-0.15, -0.1) is 0 Å². The van der Waals surface area contributed by atoms with Crippen LogP contribution in [-0.4, -0.2) is 25.0 Å². The molecular formula is C13H21N3O. The third kappa shape index (κ3) is 5.92. The van der Waals surface area contributed by atoms with Crippen molar-refractivity contribution in [1.82, 2.24) is 10.6 Å². The topological polar surface area (TPSA) is 67.2 Å². The van der Waals surface area contributed by atoms with Gasteiger partial charge in [0.2, 0.25) is 5.91 Å². The molecular weight excluding hydrogens is 214 g/mol.